The van der Waals surface area contributed by atoms with Crippen LogP contribution >= 0.6 is 23.4 Å². The van der Waals surface area contributed by atoms with Crippen LogP contribution in [0.15, 0.2) is 53.7 Å². The van der Waals surface area contributed by atoms with Gasteiger partial charge in [-0.1, -0.05) is 41.6 Å². The van der Waals surface area contributed by atoms with Gasteiger partial charge in [-0.15, -0.1) is 10.2 Å². The molecule has 0 radical (unpaired) electrons. The summed E-state index contributed by atoms with van der Waals surface area (Å²) in [6.45, 7) is 1.84. The van der Waals surface area contributed by atoms with E-state index in [0.29, 0.717) is 15.9 Å². The molecule has 4 rings (SSSR count). The van der Waals surface area contributed by atoms with E-state index in [1.165, 1.54) is 23.9 Å². The Morgan fingerprint density at radius 3 is 2.69 bits per heavy atom. The maximum atomic E-state index is 12.4. The Hall–Kier alpha value is -3.11. The van der Waals surface area contributed by atoms with Crippen molar-refractivity contribution in [2.45, 2.75) is 24.4 Å². The number of amides is 1. The van der Waals surface area contributed by atoms with Gasteiger partial charge in [0, 0.05) is 36.4 Å². The standard InChI is InChI=1S/C21H21ClN6O3S/c22-15-6-5-7-16(14-15)27-20(26-11-3-4-12-26)24-25-21(27)32-13-10-19(29)23-17-8-1-2-9-18(17)28(30)31/h1-2,5-9,14H,3-4,10-13H2,(H,23,29). The Bertz CT molecular complexity index is 1130. The minimum Gasteiger partial charge on any atom is -0.341 e. The van der Waals surface area contributed by atoms with Crippen molar-refractivity contribution in [1.29, 1.82) is 0 Å². The number of carbonyl (C=O) groups excluding carboxylic acids is 1. The van der Waals surface area contributed by atoms with Gasteiger partial charge in [0.15, 0.2) is 5.16 Å². The van der Waals surface area contributed by atoms with Crippen LogP contribution in [0, 0.1) is 10.1 Å². The number of hydrogen-bond acceptors (Lipinski definition) is 7. The van der Waals surface area contributed by atoms with Crippen LogP contribution in [0.1, 0.15) is 19.3 Å². The van der Waals surface area contributed by atoms with Gasteiger partial charge < -0.3 is 10.2 Å². The van der Waals surface area contributed by atoms with Crippen molar-refractivity contribution in [3.63, 3.8) is 0 Å². The first kappa shape index (κ1) is 22.1. The highest BCUT2D eigenvalue weighted by atomic mass is 35.5. The molecule has 1 saturated heterocycles. The molecule has 1 fully saturated rings. The molecular formula is C21H21ClN6O3S. The van der Waals surface area contributed by atoms with Crippen molar-refractivity contribution < 1.29 is 9.72 Å². The highest BCUT2D eigenvalue weighted by Gasteiger charge is 2.23. The zero-order valence-electron chi connectivity index (χ0n) is 17.1. The Morgan fingerprint density at radius 2 is 1.94 bits per heavy atom. The predicted octanol–water partition coefficient (Wildman–Crippen LogP) is 4.55. The number of nitro benzene ring substituents is 1. The maximum absolute atomic E-state index is 12.4. The predicted molar refractivity (Wildman–Crippen MR) is 125 cm³/mol. The van der Waals surface area contributed by atoms with Gasteiger partial charge >= 0.3 is 0 Å². The van der Waals surface area contributed by atoms with E-state index in [9.17, 15) is 14.9 Å². The van der Waals surface area contributed by atoms with Gasteiger partial charge in [-0.05, 0) is 37.1 Å². The van der Waals surface area contributed by atoms with Crippen LogP contribution in [0.4, 0.5) is 17.3 Å². The molecule has 1 aliphatic rings. The molecule has 0 bridgehead atoms. The lowest BCUT2D eigenvalue weighted by molar-refractivity contribution is -0.383. The Morgan fingerprint density at radius 1 is 1.16 bits per heavy atom. The number of nitrogens with zero attached hydrogens (tertiary/aromatic N) is 5. The molecule has 32 heavy (non-hydrogen) atoms. The van der Waals surface area contributed by atoms with Crippen molar-refractivity contribution in [1.82, 2.24) is 14.8 Å². The van der Waals surface area contributed by atoms with Gasteiger partial charge in [0.2, 0.25) is 11.9 Å². The minimum absolute atomic E-state index is 0.135. The summed E-state index contributed by atoms with van der Waals surface area (Å²) in [6.07, 6.45) is 2.38. The normalized spacial score (nSPS) is 13.3. The van der Waals surface area contributed by atoms with E-state index in [0.717, 1.165) is 37.6 Å². The lowest BCUT2D eigenvalue weighted by Gasteiger charge is -2.18. The molecule has 2 heterocycles. The fourth-order valence-corrected chi connectivity index (χ4v) is 4.57. The quantitative estimate of drug-likeness (QED) is 0.291. The van der Waals surface area contributed by atoms with Crippen LogP contribution in [-0.2, 0) is 4.79 Å². The molecule has 0 aliphatic carbocycles. The van der Waals surface area contributed by atoms with Crippen molar-refractivity contribution in [3.05, 3.63) is 63.7 Å². The summed E-state index contributed by atoms with van der Waals surface area (Å²) < 4.78 is 1.96. The first-order valence-electron chi connectivity index (χ1n) is 10.2. The molecule has 11 heteroatoms. The van der Waals surface area contributed by atoms with Gasteiger partial charge in [0.25, 0.3) is 5.69 Å². The first-order chi connectivity index (χ1) is 15.5. The Balaban J connectivity index is 1.47. The van der Waals surface area contributed by atoms with Gasteiger partial charge in [0.05, 0.1) is 10.6 Å². The molecule has 0 atom stereocenters. The van der Waals surface area contributed by atoms with E-state index < -0.39 is 4.92 Å². The lowest BCUT2D eigenvalue weighted by atomic mass is 10.2. The van der Waals surface area contributed by atoms with Crippen molar-refractivity contribution in [2.75, 3.05) is 29.1 Å². The summed E-state index contributed by atoms with van der Waals surface area (Å²) in [4.78, 5) is 25.2. The van der Waals surface area contributed by atoms with Crippen molar-refractivity contribution in [3.8, 4) is 5.69 Å². The smallest absolute Gasteiger partial charge is 0.292 e. The van der Waals surface area contributed by atoms with Crippen LogP contribution in [0.2, 0.25) is 5.02 Å². The topological polar surface area (TPSA) is 106 Å². The monoisotopic (exact) mass is 472 g/mol. The minimum atomic E-state index is -0.516. The number of hydrogen-bond donors (Lipinski definition) is 1. The Kier molecular flexibility index (Phi) is 6.91. The van der Waals surface area contributed by atoms with E-state index in [4.69, 9.17) is 11.6 Å². The molecule has 1 aromatic heterocycles. The summed E-state index contributed by atoms with van der Waals surface area (Å²) in [7, 11) is 0. The van der Waals surface area contributed by atoms with Gasteiger partial charge in [-0.25, -0.2) is 0 Å². The van der Waals surface area contributed by atoms with Gasteiger partial charge in [-0.3, -0.25) is 19.5 Å². The molecule has 0 unspecified atom stereocenters. The van der Waals surface area contributed by atoms with Crippen molar-refractivity contribution in [2.24, 2.45) is 0 Å². The number of aromatic nitrogens is 3. The number of carbonyl (C=O) groups is 1. The third-order valence-electron chi connectivity index (χ3n) is 5.01. The van der Waals surface area contributed by atoms with E-state index in [2.05, 4.69) is 20.4 Å². The number of thioether (sulfide) groups is 1. The fraction of sp³-hybridized carbons (Fsp3) is 0.286. The van der Waals surface area contributed by atoms with Crippen LogP contribution in [0.3, 0.4) is 0 Å². The third-order valence-corrected chi connectivity index (χ3v) is 6.17. The van der Waals surface area contributed by atoms with E-state index >= 15 is 0 Å². The Labute approximate surface area is 193 Å². The second-order valence-electron chi connectivity index (χ2n) is 7.21. The average molecular weight is 473 g/mol. The average Bonchev–Trinajstić information content (AvgIpc) is 3.44. The number of anilines is 2. The van der Waals surface area contributed by atoms with E-state index in [-0.39, 0.29) is 23.7 Å². The zero-order valence-corrected chi connectivity index (χ0v) is 18.7. The molecular weight excluding hydrogens is 452 g/mol. The second-order valence-corrected chi connectivity index (χ2v) is 8.71. The number of halogens is 1. The summed E-state index contributed by atoms with van der Waals surface area (Å²) in [5, 5.41) is 23.8. The van der Waals surface area contributed by atoms with E-state index in [1.807, 2.05) is 28.8 Å². The van der Waals surface area contributed by atoms with Crippen LogP contribution in [-0.4, -0.2) is 44.4 Å². The zero-order chi connectivity index (χ0) is 22.5. The lowest BCUT2D eigenvalue weighted by Crippen LogP contribution is -2.22. The fourth-order valence-electron chi connectivity index (χ4n) is 3.51. The molecule has 166 valence electrons. The molecule has 0 saturated carbocycles. The largest absolute Gasteiger partial charge is 0.341 e. The van der Waals surface area contributed by atoms with Crippen molar-refractivity contribution >= 4 is 46.6 Å². The number of nitrogens with one attached hydrogen (secondary N) is 1. The molecule has 1 N–H and O–H groups in total. The second kappa shape index (κ2) is 10.0. The summed E-state index contributed by atoms with van der Waals surface area (Å²) in [6, 6.07) is 13.6. The molecule has 3 aromatic rings. The number of para-hydroxylation sites is 2. The van der Waals surface area contributed by atoms with Crippen LogP contribution < -0.4 is 10.2 Å². The van der Waals surface area contributed by atoms with E-state index in [1.54, 1.807) is 12.1 Å². The molecule has 0 spiro atoms. The number of nitro groups is 1. The van der Waals surface area contributed by atoms with Crippen LogP contribution in [0.25, 0.3) is 5.69 Å². The molecule has 1 aliphatic heterocycles. The third kappa shape index (κ3) is 5.03. The maximum Gasteiger partial charge on any atom is 0.292 e. The molecule has 1 amide bonds. The van der Waals surface area contributed by atoms with Gasteiger partial charge in [0.1, 0.15) is 5.69 Å². The number of benzene rings is 2. The first-order valence-corrected chi connectivity index (χ1v) is 11.5. The highest BCUT2D eigenvalue weighted by molar-refractivity contribution is 7.99. The highest BCUT2D eigenvalue weighted by Crippen LogP contribution is 2.30. The summed E-state index contributed by atoms with van der Waals surface area (Å²) in [5.41, 5.74) is 0.909. The molecule has 9 nitrogen and oxygen atoms in total. The van der Waals surface area contributed by atoms with Gasteiger partial charge in [-0.2, -0.15) is 0 Å². The summed E-state index contributed by atoms with van der Waals surface area (Å²) in [5.74, 6) is 0.891. The van der Waals surface area contributed by atoms with Crippen LogP contribution in [0.5, 0.6) is 0 Å². The number of rotatable bonds is 8. The summed E-state index contributed by atoms with van der Waals surface area (Å²) >= 11 is 7.61. The SMILES string of the molecule is O=C(CCSc1nnc(N2CCCC2)n1-c1cccc(Cl)c1)Nc1ccccc1[N+](=O)[O-]. The molecule has 2 aromatic carbocycles.